The van der Waals surface area contributed by atoms with Crippen LogP contribution in [-0.4, -0.2) is 5.91 Å². The second kappa shape index (κ2) is 8.96. The van der Waals surface area contributed by atoms with Crippen molar-refractivity contribution in [2.24, 2.45) is 0 Å². The van der Waals surface area contributed by atoms with Crippen molar-refractivity contribution in [2.45, 2.75) is 38.5 Å². The highest BCUT2D eigenvalue weighted by Crippen LogP contribution is 2.10. The zero-order valence-electron chi connectivity index (χ0n) is 12.4. The number of unbranched alkanes of at least 4 members (excludes halogenated alkanes) is 3. The fourth-order valence-corrected chi connectivity index (χ4v) is 2.36. The van der Waals surface area contributed by atoms with E-state index < -0.39 is 0 Å². The molecule has 1 N–H and O–H groups in total. The summed E-state index contributed by atoms with van der Waals surface area (Å²) in [6, 6.07) is 20.2. The second-order valence-corrected chi connectivity index (χ2v) is 5.31. The Labute approximate surface area is 127 Å². The number of benzene rings is 2. The topological polar surface area (TPSA) is 29.1 Å². The highest BCUT2D eigenvalue weighted by molar-refractivity contribution is 5.90. The average molecular weight is 281 g/mol. The van der Waals surface area contributed by atoms with Gasteiger partial charge in [-0.05, 0) is 37.0 Å². The summed E-state index contributed by atoms with van der Waals surface area (Å²) in [5.74, 6) is 0.115. The van der Waals surface area contributed by atoms with Crippen LogP contribution in [-0.2, 0) is 11.2 Å². The summed E-state index contributed by atoms with van der Waals surface area (Å²) < 4.78 is 0. The molecule has 1 amide bonds. The van der Waals surface area contributed by atoms with E-state index in [0.717, 1.165) is 24.9 Å². The number of aryl methyl sites for hydroxylation is 1. The van der Waals surface area contributed by atoms with Crippen molar-refractivity contribution in [3.05, 3.63) is 66.2 Å². The third-order valence-electron chi connectivity index (χ3n) is 3.52. The molecule has 0 bridgehead atoms. The molecule has 0 aromatic heterocycles. The van der Waals surface area contributed by atoms with Crippen molar-refractivity contribution in [2.75, 3.05) is 5.32 Å². The number of carbonyl (C=O) groups excluding carboxylic acids is 1. The Hall–Kier alpha value is -2.09. The minimum atomic E-state index is 0.115. The SMILES string of the molecule is O=C(CCCCCCc1ccccc1)Nc1ccccc1. The third-order valence-corrected chi connectivity index (χ3v) is 3.52. The summed E-state index contributed by atoms with van der Waals surface area (Å²) in [5.41, 5.74) is 2.28. The molecule has 0 heterocycles. The molecule has 0 atom stereocenters. The van der Waals surface area contributed by atoms with Crippen LogP contribution in [0.15, 0.2) is 60.7 Å². The van der Waals surface area contributed by atoms with Crippen molar-refractivity contribution in [1.82, 2.24) is 0 Å². The van der Waals surface area contributed by atoms with Crippen LogP contribution >= 0.6 is 0 Å². The van der Waals surface area contributed by atoms with Gasteiger partial charge in [-0.15, -0.1) is 0 Å². The molecule has 21 heavy (non-hydrogen) atoms. The van der Waals surface area contributed by atoms with Gasteiger partial charge in [0, 0.05) is 12.1 Å². The first kappa shape index (κ1) is 15.3. The van der Waals surface area contributed by atoms with Crippen molar-refractivity contribution in [1.29, 1.82) is 0 Å². The Bertz CT molecular complexity index is 522. The maximum Gasteiger partial charge on any atom is 0.224 e. The molecule has 2 aromatic carbocycles. The fraction of sp³-hybridized carbons (Fsp3) is 0.316. The highest BCUT2D eigenvalue weighted by Gasteiger charge is 2.01. The van der Waals surface area contributed by atoms with Crippen LogP contribution < -0.4 is 5.32 Å². The molecule has 0 saturated heterocycles. The first-order chi connectivity index (χ1) is 10.3. The minimum absolute atomic E-state index is 0.115. The summed E-state index contributed by atoms with van der Waals surface area (Å²) in [5, 5.41) is 2.92. The Morgan fingerprint density at radius 1 is 0.762 bits per heavy atom. The van der Waals surface area contributed by atoms with E-state index in [-0.39, 0.29) is 5.91 Å². The van der Waals surface area contributed by atoms with E-state index in [1.54, 1.807) is 0 Å². The van der Waals surface area contributed by atoms with E-state index in [0.29, 0.717) is 6.42 Å². The van der Waals surface area contributed by atoms with Gasteiger partial charge in [0.1, 0.15) is 0 Å². The van der Waals surface area contributed by atoms with E-state index in [2.05, 4.69) is 35.6 Å². The van der Waals surface area contributed by atoms with Gasteiger partial charge in [0.15, 0.2) is 0 Å². The predicted octanol–water partition coefficient (Wildman–Crippen LogP) is 4.82. The van der Waals surface area contributed by atoms with E-state index in [1.807, 2.05) is 30.3 Å². The van der Waals surface area contributed by atoms with Crippen LogP contribution in [0.3, 0.4) is 0 Å². The Balaban J connectivity index is 1.52. The van der Waals surface area contributed by atoms with E-state index in [1.165, 1.54) is 18.4 Å². The van der Waals surface area contributed by atoms with Crippen LogP contribution in [0.25, 0.3) is 0 Å². The molecule has 2 heteroatoms. The summed E-state index contributed by atoms with van der Waals surface area (Å²) in [6.45, 7) is 0. The molecule has 2 aromatic rings. The number of nitrogens with one attached hydrogen (secondary N) is 1. The molecule has 0 spiro atoms. The van der Waals surface area contributed by atoms with Gasteiger partial charge in [-0.2, -0.15) is 0 Å². The molecule has 0 saturated carbocycles. The summed E-state index contributed by atoms with van der Waals surface area (Å²) in [4.78, 5) is 11.8. The van der Waals surface area contributed by atoms with Crippen LogP contribution in [0.2, 0.25) is 0 Å². The first-order valence-electron chi connectivity index (χ1n) is 7.73. The predicted molar refractivity (Wildman–Crippen MR) is 88.3 cm³/mol. The van der Waals surface area contributed by atoms with E-state index >= 15 is 0 Å². The van der Waals surface area contributed by atoms with E-state index in [9.17, 15) is 4.79 Å². The standard InChI is InChI=1S/C19H23NO/c21-19(20-18-14-8-4-9-15-18)16-10-2-1-5-11-17-12-6-3-7-13-17/h3-4,6-9,12-15H,1-2,5,10-11,16H2,(H,20,21). The molecule has 0 unspecified atom stereocenters. The number of para-hydroxylation sites is 1. The minimum Gasteiger partial charge on any atom is -0.326 e. The largest absolute Gasteiger partial charge is 0.326 e. The lowest BCUT2D eigenvalue weighted by molar-refractivity contribution is -0.116. The van der Waals surface area contributed by atoms with Gasteiger partial charge in [0.2, 0.25) is 5.91 Å². The van der Waals surface area contributed by atoms with Crippen molar-refractivity contribution >= 4 is 11.6 Å². The normalized spacial score (nSPS) is 10.3. The van der Waals surface area contributed by atoms with Crippen LogP contribution in [0.1, 0.15) is 37.7 Å². The lowest BCUT2D eigenvalue weighted by Crippen LogP contribution is -2.10. The van der Waals surface area contributed by atoms with Gasteiger partial charge >= 0.3 is 0 Å². The zero-order valence-corrected chi connectivity index (χ0v) is 12.4. The van der Waals surface area contributed by atoms with Crippen molar-refractivity contribution in [3.63, 3.8) is 0 Å². The van der Waals surface area contributed by atoms with Gasteiger partial charge in [0.25, 0.3) is 0 Å². The number of anilines is 1. The maximum atomic E-state index is 11.8. The molecule has 110 valence electrons. The van der Waals surface area contributed by atoms with Gasteiger partial charge in [0.05, 0.1) is 0 Å². The van der Waals surface area contributed by atoms with Gasteiger partial charge in [-0.3, -0.25) is 4.79 Å². The van der Waals surface area contributed by atoms with Crippen molar-refractivity contribution < 1.29 is 4.79 Å². The molecule has 0 aliphatic carbocycles. The average Bonchev–Trinajstić information content (AvgIpc) is 2.53. The number of hydrogen-bond acceptors (Lipinski definition) is 1. The summed E-state index contributed by atoms with van der Waals surface area (Å²) in [6.07, 6.45) is 6.22. The number of rotatable bonds is 8. The molecular formula is C19H23NO. The van der Waals surface area contributed by atoms with Gasteiger partial charge in [-0.25, -0.2) is 0 Å². The highest BCUT2D eigenvalue weighted by atomic mass is 16.1. The van der Waals surface area contributed by atoms with Gasteiger partial charge < -0.3 is 5.32 Å². The molecule has 0 radical (unpaired) electrons. The Kier molecular flexibility index (Phi) is 6.53. The third kappa shape index (κ3) is 6.26. The smallest absolute Gasteiger partial charge is 0.224 e. The quantitative estimate of drug-likeness (QED) is 0.691. The second-order valence-electron chi connectivity index (χ2n) is 5.31. The van der Waals surface area contributed by atoms with Crippen LogP contribution in [0.4, 0.5) is 5.69 Å². The summed E-state index contributed by atoms with van der Waals surface area (Å²) in [7, 11) is 0. The number of carbonyl (C=O) groups is 1. The molecule has 0 aliphatic rings. The number of amides is 1. The zero-order chi connectivity index (χ0) is 14.8. The fourth-order valence-electron chi connectivity index (χ4n) is 2.36. The summed E-state index contributed by atoms with van der Waals surface area (Å²) >= 11 is 0. The van der Waals surface area contributed by atoms with Crippen LogP contribution in [0.5, 0.6) is 0 Å². The molecule has 2 rings (SSSR count). The maximum absolute atomic E-state index is 11.8. The first-order valence-corrected chi connectivity index (χ1v) is 7.73. The van der Waals surface area contributed by atoms with E-state index in [4.69, 9.17) is 0 Å². The van der Waals surface area contributed by atoms with Gasteiger partial charge in [-0.1, -0.05) is 61.4 Å². The lowest BCUT2D eigenvalue weighted by Gasteiger charge is -2.05. The molecular weight excluding hydrogens is 258 g/mol. The Morgan fingerprint density at radius 3 is 2.10 bits per heavy atom. The molecule has 0 aliphatic heterocycles. The van der Waals surface area contributed by atoms with Crippen molar-refractivity contribution in [3.8, 4) is 0 Å². The molecule has 2 nitrogen and oxygen atoms in total. The number of hydrogen-bond donors (Lipinski definition) is 1. The van der Waals surface area contributed by atoms with Crippen LogP contribution in [0, 0.1) is 0 Å². The Morgan fingerprint density at radius 2 is 1.38 bits per heavy atom. The molecule has 0 fully saturated rings. The lowest BCUT2D eigenvalue weighted by atomic mass is 10.1. The monoisotopic (exact) mass is 281 g/mol.